The minimum atomic E-state index is -1.13. The Kier molecular flexibility index (Phi) is 6.45. The number of rotatable bonds is 6. The first-order valence-corrected chi connectivity index (χ1v) is 13.2. The number of hydrogen-bond acceptors (Lipinski definition) is 6. The van der Waals surface area contributed by atoms with Gasteiger partial charge in [0.2, 0.25) is 11.8 Å². The number of fused-ring (bicyclic) bond motifs is 1. The third-order valence-electron chi connectivity index (χ3n) is 7.74. The van der Waals surface area contributed by atoms with Gasteiger partial charge in [-0.05, 0) is 44.1 Å². The molecular weight excluding hydrogens is 484 g/mol. The van der Waals surface area contributed by atoms with Gasteiger partial charge in [-0.3, -0.25) is 9.69 Å². The predicted octanol–water partition coefficient (Wildman–Crippen LogP) is 5.30. The first kappa shape index (κ1) is 24.4. The number of anilines is 1. The Bertz CT molecular complexity index is 1430. The summed E-state index contributed by atoms with van der Waals surface area (Å²) >= 11 is 0. The summed E-state index contributed by atoms with van der Waals surface area (Å²) in [5.74, 6) is -0.228. The maximum Gasteiger partial charge on any atom is 0.341 e. The van der Waals surface area contributed by atoms with E-state index in [9.17, 15) is 14.7 Å². The molecule has 1 saturated carbocycles. The van der Waals surface area contributed by atoms with Gasteiger partial charge in [0.05, 0.1) is 18.3 Å². The van der Waals surface area contributed by atoms with E-state index in [-0.39, 0.29) is 29.3 Å². The van der Waals surface area contributed by atoms with E-state index in [0.29, 0.717) is 36.9 Å². The Balaban J connectivity index is 1.33. The zero-order valence-corrected chi connectivity index (χ0v) is 21.2. The summed E-state index contributed by atoms with van der Waals surface area (Å²) in [5.41, 5.74) is 3.13. The van der Waals surface area contributed by atoms with Crippen LogP contribution >= 0.6 is 0 Å². The summed E-state index contributed by atoms with van der Waals surface area (Å²) in [7, 11) is 0. The van der Waals surface area contributed by atoms with Crippen LogP contribution in [0.1, 0.15) is 49.4 Å². The normalized spacial score (nSPS) is 21.6. The van der Waals surface area contributed by atoms with Crippen LogP contribution in [0.2, 0.25) is 0 Å². The number of carboxylic acids is 1. The van der Waals surface area contributed by atoms with Crippen molar-refractivity contribution in [1.29, 1.82) is 0 Å². The number of hydrogen-bond donors (Lipinski definition) is 1. The fraction of sp³-hybridized carbons (Fsp3) is 0.379. The lowest BCUT2D eigenvalue weighted by Crippen LogP contribution is -2.45. The monoisotopic (exact) mass is 514 g/mol. The number of furan rings is 1. The molecular formula is C29H30N4O5. The van der Waals surface area contributed by atoms with Gasteiger partial charge < -0.3 is 14.3 Å². The summed E-state index contributed by atoms with van der Waals surface area (Å²) in [6, 6.07) is 12.6. The molecule has 2 fully saturated rings. The van der Waals surface area contributed by atoms with Gasteiger partial charge in [0.1, 0.15) is 11.3 Å². The molecule has 1 unspecified atom stereocenters. The average molecular weight is 515 g/mol. The predicted molar refractivity (Wildman–Crippen MR) is 141 cm³/mol. The highest BCUT2D eigenvalue weighted by Crippen LogP contribution is 2.38. The van der Waals surface area contributed by atoms with Gasteiger partial charge in [0, 0.05) is 48.2 Å². The van der Waals surface area contributed by atoms with Crippen molar-refractivity contribution >= 4 is 23.4 Å². The Hall–Kier alpha value is -3.98. The topological polar surface area (TPSA) is 110 Å². The third kappa shape index (κ3) is 4.58. The first-order chi connectivity index (χ1) is 18.5. The van der Waals surface area contributed by atoms with E-state index in [1.807, 2.05) is 42.6 Å². The molecule has 196 valence electrons. The smallest absolute Gasteiger partial charge is 0.341 e. The number of amides is 1. The molecule has 2 aliphatic rings. The highest BCUT2D eigenvalue weighted by atomic mass is 16.5. The van der Waals surface area contributed by atoms with Crippen molar-refractivity contribution in [3.05, 3.63) is 60.4 Å². The maximum absolute atomic E-state index is 13.8. The number of aromatic nitrogens is 3. The Morgan fingerprint density at radius 3 is 2.50 bits per heavy atom. The van der Waals surface area contributed by atoms with Gasteiger partial charge in [-0.15, -0.1) is 0 Å². The summed E-state index contributed by atoms with van der Waals surface area (Å²) in [4.78, 5) is 32.0. The van der Waals surface area contributed by atoms with Crippen LogP contribution in [0, 0.1) is 11.8 Å². The van der Waals surface area contributed by atoms with Crippen LogP contribution < -0.4 is 4.90 Å². The number of benzene rings is 1. The van der Waals surface area contributed by atoms with Crippen molar-refractivity contribution in [3.63, 3.8) is 0 Å². The largest absolute Gasteiger partial charge is 0.477 e. The van der Waals surface area contributed by atoms with E-state index in [1.54, 1.807) is 15.6 Å². The zero-order chi connectivity index (χ0) is 26.2. The number of carbonyl (C=O) groups excluding carboxylic acids is 1. The molecule has 1 saturated heterocycles. The highest BCUT2D eigenvalue weighted by molar-refractivity contribution is 6.02. The van der Waals surface area contributed by atoms with Gasteiger partial charge in [0.25, 0.3) is 0 Å². The van der Waals surface area contributed by atoms with E-state index in [0.717, 1.165) is 42.6 Å². The quantitative estimate of drug-likeness (QED) is 0.372. The first-order valence-electron chi connectivity index (χ1n) is 13.2. The fourth-order valence-corrected chi connectivity index (χ4v) is 5.51. The lowest BCUT2D eigenvalue weighted by Gasteiger charge is -2.33. The zero-order valence-electron chi connectivity index (χ0n) is 21.2. The molecule has 9 nitrogen and oxygen atoms in total. The van der Waals surface area contributed by atoms with E-state index in [1.165, 1.54) is 6.07 Å². The molecule has 6 rings (SSSR count). The molecule has 0 radical (unpaired) electrons. The molecule has 4 heterocycles. The van der Waals surface area contributed by atoms with Crippen LogP contribution in [0.25, 0.3) is 28.2 Å². The molecule has 4 aromatic rings. The molecule has 1 aliphatic heterocycles. The molecule has 1 N–H and O–H groups in total. The van der Waals surface area contributed by atoms with Crippen LogP contribution in [0.3, 0.4) is 0 Å². The van der Waals surface area contributed by atoms with Crippen LogP contribution in [0.4, 0.5) is 5.88 Å². The van der Waals surface area contributed by atoms with Crippen molar-refractivity contribution < 1.29 is 23.8 Å². The third-order valence-corrected chi connectivity index (χ3v) is 7.74. The number of carboxylic acid groups (broad SMARTS) is 1. The second kappa shape index (κ2) is 10.1. The van der Waals surface area contributed by atoms with Crippen LogP contribution in [-0.2, 0) is 9.53 Å². The second-order valence-corrected chi connectivity index (χ2v) is 10.3. The number of carbonyl (C=O) groups is 2. The molecule has 9 heteroatoms. The minimum absolute atomic E-state index is 0.0140. The van der Waals surface area contributed by atoms with E-state index < -0.39 is 5.97 Å². The standard InChI is InChI=1S/C29H30N4O5/c1-18-3-5-21(6-4-18)27(34)33(22-11-14-37-17-22)28-23(29(35)36)15-25(38-28)20-9-7-19(8-10-20)24-16-26-30-12-2-13-32(26)31-24/h2,7-10,12-13,15-16,18,21-22H,3-6,11,14,17H2,1H3,(H,35,36)/t18-,21-,22?. The number of aromatic carboxylic acids is 1. The van der Waals surface area contributed by atoms with Crippen molar-refractivity contribution in [1.82, 2.24) is 14.6 Å². The summed E-state index contributed by atoms with van der Waals surface area (Å²) < 4.78 is 13.5. The lowest BCUT2D eigenvalue weighted by molar-refractivity contribution is -0.124. The van der Waals surface area contributed by atoms with Crippen molar-refractivity contribution in [3.8, 4) is 22.6 Å². The Labute approximate surface area is 220 Å². The Morgan fingerprint density at radius 1 is 1.05 bits per heavy atom. The molecule has 0 spiro atoms. The Morgan fingerprint density at radius 2 is 1.82 bits per heavy atom. The minimum Gasteiger partial charge on any atom is -0.477 e. The summed E-state index contributed by atoms with van der Waals surface area (Å²) in [6.45, 7) is 3.11. The average Bonchev–Trinajstić information content (AvgIpc) is 3.69. The molecule has 3 aromatic heterocycles. The highest BCUT2D eigenvalue weighted by Gasteiger charge is 2.38. The van der Waals surface area contributed by atoms with Crippen molar-refractivity contribution in [2.75, 3.05) is 18.1 Å². The fourth-order valence-electron chi connectivity index (χ4n) is 5.51. The number of ether oxygens (including phenoxy) is 1. The molecule has 1 atom stereocenters. The molecule has 1 amide bonds. The van der Waals surface area contributed by atoms with E-state index >= 15 is 0 Å². The molecule has 1 aliphatic carbocycles. The van der Waals surface area contributed by atoms with Crippen LogP contribution in [0.15, 0.2) is 59.3 Å². The van der Waals surface area contributed by atoms with Crippen LogP contribution in [-0.4, -0.2) is 50.8 Å². The molecule has 1 aromatic carbocycles. The lowest BCUT2D eigenvalue weighted by atomic mass is 9.82. The number of nitrogens with zero attached hydrogens (tertiary/aromatic N) is 4. The summed E-state index contributed by atoms with van der Waals surface area (Å²) in [5, 5.41) is 14.6. The second-order valence-electron chi connectivity index (χ2n) is 10.3. The molecule has 0 bridgehead atoms. The van der Waals surface area contributed by atoms with E-state index in [4.69, 9.17) is 9.15 Å². The van der Waals surface area contributed by atoms with E-state index in [2.05, 4.69) is 17.0 Å². The van der Waals surface area contributed by atoms with Crippen molar-refractivity contribution in [2.24, 2.45) is 11.8 Å². The van der Waals surface area contributed by atoms with Gasteiger partial charge >= 0.3 is 5.97 Å². The van der Waals surface area contributed by atoms with Gasteiger partial charge in [-0.1, -0.05) is 31.2 Å². The van der Waals surface area contributed by atoms with Gasteiger partial charge in [-0.2, -0.15) is 5.10 Å². The SMILES string of the molecule is C[C@H]1CC[C@H](C(=O)N(c2oc(-c3ccc(-c4cc5ncccn5n4)cc3)cc2C(=O)O)C2CCOC2)CC1. The van der Waals surface area contributed by atoms with Crippen LogP contribution in [0.5, 0.6) is 0 Å². The maximum atomic E-state index is 13.8. The van der Waals surface area contributed by atoms with Gasteiger partial charge in [0.15, 0.2) is 5.65 Å². The van der Waals surface area contributed by atoms with Gasteiger partial charge in [-0.25, -0.2) is 14.3 Å². The van der Waals surface area contributed by atoms with Crippen molar-refractivity contribution in [2.45, 2.75) is 45.1 Å². The molecule has 38 heavy (non-hydrogen) atoms. The summed E-state index contributed by atoms with van der Waals surface area (Å²) in [6.07, 6.45) is 7.81.